The van der Waals surface area contributed by atoms with Gasteiger partial charge in [-0.1, -0.05) is 12.2 Å². The van der Waals surface area contributed by atoms with Gasteiger partial charge in [-0.2, -0.15) is 8.42 Å². The third-order valence-corrected chi connectivity index (χ3v) is 2.55. The summed E-state index contributed by atoms with van der Waals surface area (Å²) in [5, 5.41) is 6.42. The first-order valence-corrected chi connectivity index (χ1v) is 5.38. The van der Waals surface area contributed by atoms with Crippen LogP contribution in [0.25, 0.3) is 0 Å². The molecule has 0 spiro atoms. The first-order chi connectivity index (χ1) is 5.68. The maximum atomic E-state index is 10.2. The second kappa shape index (κ2) is 4.34. The normalized spacial score (nSPS) is 9.00. The van der Waals surface area contributed by atoms with Crippen LogP contribution < -0.4 is 5.32 Å². The Morgan fingerprint density at radius 1 is 1.67 bits per heavy atom. The van der Waals surface area contributed by atoms with E-state index in [2.05, 4.69) is 5.32 Å². The molecule has 0 atom stereocenters. The SMILES string of the molecule is O=S(=O)=CC(=S)Nc1cccs1. The molecule has 0 aromatic carbocycles. The Morgan fingerprint density at radius 3 is 2.92 bits per heavy atom. The van der Waals surface area contributed by atoms with Crippen molar-refractivity contribution in [3.05, 3.63) is 17.5 Å². The van der Waals surface area contributed by atoms with Gasteiger partial charge in [-0.3, -0.25) is 0 Å². The summed E-state index contributed by atoms with van der Waals surface area (Å²) in [5.41, 5.74) is 0. The van der Waals surface area contributed by atoms with Gasteiger partial charge in [-0.25, -0.2) is 0 Å². The molecule has 1 aromatic rings. The minimum absolute atomic E-state index is 0.200. The molecule has 0 bridgehead atoms. The first-order valence-electron chi connectivity index (χ1n) is 2.96. The summed E-state index contributed by atoms with van der Waals surface area (Å²) in [7, 11) is -2.23. The number of hydrogen-bond donors (Lipinski definition) is 1. The van der Waals surface area contributed by atoms with Crippen LogP contribution in [0.5, 0.6) is 0 Å². The highest BCUT2D eigenvalue weighted by molar-refractivity contribution is 7.85. The highest BCUT2D eigenvalue weighted by Crippen LogP contribution is 2.14. The molecule has 12 heavy (non-hydrogen) atoms. The molecule has 3 nitrogen and oxygen atoms in total. The summed E-state index contributed by atoms with van der Waals surface area (Å²) in [5.74, 6) is 0. The Hall–Kier alpha value is -0.720. The topological polar surface area (TPSA) is 46.2 Å². The van der Waals surface area contributed by atoms with Crippen LogP contribution in [-0.4, -0.2) is 18.8 Å². The van der Waals surface area contributed by atoms with Gasteiger partial charge in [0.25, 0.3) is 0 Å². The lowest BCUT2D eigenvalue weighted by Gasteiger charge is -1.96. The van der Waals surface area contributed by atoms with Gasteiger partial charge in [-0.15, -0.1) is 11.3 Å². The van der Waals surface area contributed by atoms with Crippen LogP contribution in [-0.2, 0) is 10.3 Å². The van der Waals surface area contributed by atoms with Crippen LogP contribution in [0.1, 0.15) is 0 Å². The van der Waals surface area contributed by atoms with Crippen molar-refractivity contribution in [3.8, 4) is 0 Å². The third kappa shape index (κ3) is 3.12. The third-order valence-electron chi connectivity index (χ3n) is 0.971. The molecule has 0 saturated heterocycles. The van der Waals surface area contributed by atoms with Gasteiger partial charge in [0.05, 0.1) is 10.4 Å². The number of hydrogen-bond acceptors (Lipinski definition) is 4. The fraction of sp³-hybridized carbons (Fsp3) is 0. The minimum atomic E-state index is -2.23. The Kier molecular flexibility index (Phi) is 3.39. The molecular weight excluding hydrogens is 214 g/mol. The van der Waals surface area contributed by atoms with Gasteiger partial charge in [0, 0.05) is 0 Å². The van der Waals surface area contributed by atoms with E-state index in [1.807, 2.05) is 17.5 Å². The zero-order valence-electron chi connectivity index (χ0n) is 5.85. The van der Waals surface area contributed by atoms with Gasteiger partial charge in [-0.05, 0) is 17.5 Å². The molecule has 0 radical (unpaired) electrons. The standard InChI is InChI=1S/C6H5NO2S3/c8-12(9)4-5(10)7-6-2-1-3-11-6/h1-4H,(H,7,10). The van der Waals surface area contributed by atoms with E-state index in [0.29, 0.717) is 0 Å². The molecule has 1 N–H and O–H groups in total. The quantitative estimate of drug-likeness (QED) is 0.758. The molecule has 0 unspecified atom stereocenters. The molecule has 6 heteroatoms. The smallest absolute Gasteiger partial charge is 0.217 e. The number of anilines is 1. The molecule has 0 aliphatic carbocycles. The molecule has 64 valence electrons. The summed E-state index contributed by atoms with van der Waals surface area (Å²) in [4.78, 5) is 0.200. The Bertz CT molecular complexity index is 382. The maximum absolute atomic E-state index is 10.2. The average Bonchev–Trinajstić information content (AvgIpc) is 2.37. The van der Waals surface area contributed by atoms with Crippen molar-refractivity contribution in [1.82, 2.24) is 0 Å². The van der Waals surface area contributed by atoms with Crippen molar-refractivity contribution in [2.24, 2.45) is 0 Å². The molecule has 1 aromatic heterocycles. The van der Waals surface area contributed by atoms with Gasteiger partial charge in [0.2, 0.25) is 10.3 Å². The molecule has 1 rings (SSSR count). The van der Waals surface area contributed by atoms with E-state index < -0.39 is 10.3 Å². The van der Waals surface area contributed by atoms with Gasteiger partial charge >= 0.3 is 0 Å². The highest BCUT2D eigenvalue weighted by atomic mass is 32.2. The predicted molar refractivity (Wildman–Crippen MR) is 55.5 cm³/mol. The largest absolute Gasteiger partial charge is 0.337 e. The predicted octanol–water partition coefficient (Wildman–Crippen LogP) is 1.17. The van der Waals surface area contributed by atoms with E-state index >= 15 is 0 Å². The summed E-state index contributed by atoms with van der Waals surface area (Å²) in [6, 6.07) is 3.67. The Labute approximate surface area is 80.6 Å². The molecule has 0 aliphatic rings. The van der Waals surface area contributed by atoms with E-state index in [9.17, 15) is 8.42 Å². The summed E-state index contributed by atoms with van der Waals surface area (Å²) in [6.45, 7) is 0. The van der Waals surface area contributed by atoms with Gasteiger partial charge < -0.3 is 5.32 Å². The molecule has 0 fully saturated rings. The number of rotatable bonds is 2. The van der Waals surface area contributed by atoms with Gasteiger partial charge in [0.15, 0.2) is 0 Å². The van der Waals surface area contributed by atoms with E-state index in [1.165, 1.54) is 11.3 Å². The van der Waals surface area contributed by atoms with Crippen LogP contribution in [0.2, 0.25) is 0 Å². The second-order valence-electron chi connectivity index (χ2n) is 1.84. The molecule has 1 heterocycles. The number of thiocarbonyl (C=S) groups is 1. The van der Waals surface area contributed by atoms with Crippen molar-refractivity contribution in [3.63, 3.8) is 0 Å². The van der Waals surface area contributed by atoms with Crippen LogP contribution in [0.15, 0.2) is 17.5 Å². The Morgan fingerprint density at radius 2 is 2.42 bits per heavy atom. The van der Waals surface area contributed by atoms with Crippen LogP contribution in [0, 0.1) is 0 Å². The van der Waals surface area contributed by atoms with Crippen molar-refractivity contribution in [2.75, 3.05) is 5.32 Å². The lowest BCUT2D eigenvalue weighted by atomic mass is 10.6. The second-order valence-corrected chi connectivity index (χ2v) is 3.99. The van der Waals surface area contributed by atoms with Crippen LogP contribution in [0.3, 0.4) is 0 Å². The van der Waals surface area contributed by atoms with Crippen LogP contribution >= 0.6 is 23.6 Å². The van der Waals surface area contributed by atoms with Crippen LogP contribution in [0.4, 0.5) is 5.00 Å². The number of nitrogens with one attached hydrogen (secondary N) is 1. The number of thiophene rings is 1. The monoisotopic (exact) mass is 219 g/mol. The Balaban J connectivity index is 2.66. The lowest BCUT2D eigenvalue weighted by Crippen LogP contribution is -2.09. The molecule has 0 aliphatic heterocycles. The van der Waals surface area contributed by atoms with E-state index in [0.717, 1.165) is 10.4 Å². The first kappa shape index (κ1) is 9.37. The fourth-order valence-electron chi connectivity index (χ4n) is 0.588. The van der Waals surface area contributed by atoms with E-state index in [1.54, 1.807) is 0 Å². The van der Waals surface area contributed by atoms with E-state index in [-0.39, 0.29) is 4.99 Å². The maximum Gasteiger partial charge on any atom is 0.217 e. The molecule has 0 saturated carbocycles. The zero-order chi connectivity index (χ0) is 8.97. The average molecular weight is 219 g/mol. The summed E-state index contributed by atoms with van der Waals surface area (Å²) < 4.78 is 20.3. The molecular formula is C6H5NO2S3. The fourth-order valence-corrected chi connectivity index (χ4v) is 1.86. The summed E-state index contributed by atoms with van der Waals surface area (Å²) in [6.07, 6.45) is 0. The van der Waals surface area contributed by atoms with Crippen molar-refractivity contribution >= 4 is 49.2 Å². The van der Waals surface area contributed by atoms with Gasteiger partial charge in [0.1, 0.15) is 4.99 Å². The highest BCUT2D eigenvalue weighted by Gasteiger charge is 1.94. The van der Waals surface area contributed by atoms with E-state index in [4.69, 9.17) is 12.2 Å². The van der Waals surface area contributed by atoms with Crippen molar-refractivity contribution in [1.29, 1.82) is 0 Å². The molecule has 0 amide bonds. The summed E-state index contributed by atoms with van der Waals surface area (Å²) >= 11 is 6.18. The van der Waals surface area contributed by atoms with Crippen molar-refractivity contribution in [2.45, 2.75) is 0 Å². The zero-order valence-corrected chi connectivity index (χ0v) is 8.30. The van der Waals surface area contributed by atoms with Crippen molar-refractivity contribution < 1.29 is 8.42 Å². The minimum Gasteiger partial charge on any atom is -0.337 e. The lowest BCUT2D eigenvalue weighted by molar-refractivity contribution is 0.627.